The van der Waals surface area contributed by atoms with Crippen LogP contribution in [0.5, 0.6) is 0 Å². The molecule has 0 radical (unpaired) electrons. The summed E-state index contributed by atoms with van der Waals surface area (Å²) < 4.78 is 51.6. The second-order valence-corrected chi connectivity index (χ2v) is 3.48. The van der Waals surface area contributed by atoms with Crippen LogP contribution < -0.4 is 0 Å². The molecule has 0 unspecified atom stereocenters. The number of halogens is 4. The van der Waals surface area contributed by atoms with Crippen LogP contribution in [0.4, 0.5) is 17.6 Å². The van der Waals surface area contributed by atoms with Gasteiger partial charge in [-0.1, -0.05) is 0 Å². The molecule has 0 bridgehead atoms. The first kappa shape index (κ1) is 10.1. The number of ketones is 1. The van der Waals surface area contributed by atoms with Crippen molar-refractivity contribution in [2.45, 2.75) is 12.8 Å². The lowest BCUT2D eigenvalue weighted by Crippen LogP contribution is -2.11. The molecule has 0 spiro atoms. The number of hydrogen-bond donors (Lipinski definition) is 0. The van der Waals surface area contributed by atoms with E-state index < -0.39 is 40.5 Å². The smallest absolute Gasteiger partial charge is 0.172 e. The number of carbonyl (C=O) groups excluding carboxylic acids is 1. The van der Waals surface area contributed by atoms with E-state index in [0.29, 0.717) is 12.8 Å². The van der Waals surface area contributed by atoms with Crippen molar-refractivity contribution in [3.63, 3.8) is 0 Å². The summed E-state index contributed by atoms with van der Waals surface area (Å²) in [4.78, 5) is 11.3. The van der Waals surface area contributed by atoms with E-state index in [1.54, 1.807) is 0 Å². The van der Waals surface area contributed by atoms with Crippen LogP contribution >= 0.6 is 0 Å². The van der Waals surface area contributed by atoms with Crippen LogP contribution in [-0.2, 0) is 0 Å². The Morgan fingerprint density at radius 3 is 1.93 bits per heavy atom. The SMILES string of the molecule is O=C(c1c(F)c(F)cc(F)c1F)C1CC1. The summed E-state index contributed by atoms with van der Waals surface area (Å²) in [5.41, 5.74) is -1.09. The zero-order chi connectivity index (χ0) is 11.2. The largest absolute Gasteiger partial charge is 0.294 e. The maximum Gasteiger partial charge on any atom is 0.172 e. The zero-order valence-electron chi connectivity index (χ0n) is 7.49. The first-order chi connectivity index (χ1) is 7.02. The highest BCUT2D eigenvalue weighted by molar-refractivity contribution is 5.99. The third kappa shape index (κ3) is 1.62. The quantitative estimate of drug-likeness (QED) is 0.423. The van der Waals surface area contributed by atoms with Crippen molar-refractivity contribution < 1.29 is 22.4 Å². The average Bonchev–Trinajstić information content (AvgIpc) is 2.98. The molecule has 2 rings (SSSR count). The van der Waals surface area contributed by atoms with E-state index >= 15 is 0 Å². The van der Waals surface area contributed by atoms with E-state index in [1.165, 1.54) is 0 Å². The second kappa shape index (κ2) is 3.32. The summed E-state index contributed by atoms with van der Waals surface area (Å²) in [7, 11) is 0. The molecular weight excluding hydrogens is 212 g/mol. The maximum absolute atomic E-state index is 13.1. The molecule has 0 aliphatic heterocycles. The van der Waals surface area contributed by atoms with E-state index in [9.17, 15) is 22.4 Å². The van der Waals surface area contributed by atoms with Crippen LogP contribution in [-0.4, -0.2) is 5.78 Å². The number of benzene rings is 1. The van der Waals surface area contributed by atoms with Gasteiger partial charge >= 0.3 is 0 Å². The van der Waals surface area contributed by atoms with Gasteiger partial charge in [-0.05, 0) is 12.8 Å². The molecule has 1 aromatic carbocycles. The lowest BCUT2D eigenvalue weighted by Gasteiger charge is -2.04. The molecule has 1 aliphatic rings. The lowest BCUT2D eigenvalue weighted by atomic mass is 10.1. The Bertz CT molecular complexity index is 411. The molecule has 1 aromatic rings. The molecule has 0 N–H and O–H groups in total. The van der Waals surface area contributed by atoms with Crippen LogP contribution in [0.25, 0.3) is 0 Å². The van der Waals surface area contributed by atoms with Crippen molar-refractivity contribution in [2.75, 3.05) is 0 Å². The zero-order valence-corrected chi connectivity index (χ0v) is 7.49. The van der Waals surface area contributed by atoms with Gasteiger partial charge in [-0.2, -0.15) is 0 Å². The Morgan fingerprint density at radius 1 is 1.07 bits per heavy atom. The third-order valence-corrected chi connectivity index (χ3v) is 2.31. The van der Waals surface area contributed by atoms with Crippen molar-refractivity contribution in [1.29, 1.82) is 0 Å². The van der Waals surface area contributed by atoms with Gasteiger partial charge in [0.15, 0.2) is 29.1 Å². The number of hydrogen-bond acceptors (Lipinski definition) is 1. The minimum Gasteiger partial charge on any atom is -0.294 e. The predicted octanol–water partition coefficient (Wildman–Crippen LogP) is 2.84. The van der Waals surface area contributed by atoms with Crippen molar-refractivity contribution in [2.24, 2.45) is 5.92 Å². The Kier molecular flexibility index (Phi) is 2.25. The van der Waals surface area contributed by atoms with E-state index in [1.807, 2.05) is 0 Å². The minimum absolute atomic E-state index is 0.0916. The summed E-state index contributed by atoms with van der Waals surface area (Å²) in [6, 6.07) is 0.0916. The fourth-order valence-electron chi connectivity index (χ4n) is 1.34. The molecule has 0 heterocycles. The molecule has 5 heteroatoms. The van der Waals surface area contributed by atoms with Gasteiger partial charge in [-0.25, -0.2) is 17.6 Å². The summed E-state index contributed by atoms with van der Waals surface area (Å²) in [5.74, 6) is -7.65. The second-order valence-electron chi connectivity index (χ2n) is 3.48. The Morgan fingerprint density at radius 2 is 1.53 bits per heavy atom. The highest BCUT2D eigenvalue weighted by atomic mass is 19.2. The van der Waals surface area contributed by atoms with Gasteiger partial charge in [0.1, 0.15) is 0 Å². The third-order valence-electron chi connectivity index (χ3n) is 2.31. The monoisotopic (exact) mass is 218 g/mol. The topological polar surface area (TPSA) is 17.1 Å². The predicted molar refractivity (Wildman–Crippen MR) is 43.3 cm³/mol. The molecule has 0 atom stereocenters. The molecule has 1 saturated carbocycles. The molecular formula is C10H6F4O. The van der Waals surface area contributed by atoms with Crippen molar-refractivity contribution >= 4 is 5.78 Å². The number of rotatable bonds is 2. The fraction of sp³-hybridized carbons (Fsp3) is 0.300. The highest BCUT2D eigenvalue weighted by Gasteiger charge is 2.35. The molecule has 15 heavy (non-hydrogen) atoms. The van der Waals surface area contributed by atoms with Gasteiger partial charge in [-0.15, -0.1) is 0 Å². The number of Topliss-reactive ketones (excluding diaryl/α,β-unsaturated/α-hetero) is 1. The standard InChI is InChI=1S/C10H6F4O/c11-5-3-6(12)9(14)7(8(5)13)10(15)4-1-2-4/h3-4H,1-2H2. The molecule has 0 aromatic heterocycles. The van der Waals surface area contributed by atoms with Crippen LogP contribution in [0.15, 0.2) is 6.07 Å². The van der Waals surface area contributed by atoms with Gasteiger partial charge in [0, 0.05) is 12.0 Å². The van der Waals surface area contributed by atoms with Crippen molar-refractivity contribution in [1.82, 2.24) is 0 Å². The van der Waals surface area contributed by atoms with Gasteiger partial charge in [0.2, 0.25) is 0 Å². The van der Waals surface area contributed by atoms with Gasteiger partial charge in [-0.3, -0.25) is 4.79 Å². The average molecular weight is 218 g/mol. The molecule has 1 aliphatic carbocycles. The highest BCUT2D eigenvalue weighted by Crippen LogP contribution is 2.34. The fourth-order valence-corrected chi connectivity index (χ4v) is 1.34. The van der Waals surface area contributed by atoms with Gasteiger partial charge in [0.05, 0.1) is 5.56 Å². The molecule has 0 amide bonds. The summed E-state index contributed by atoms with van der Waals surface area (Å²) in [5, 5.41) is 0. The minimum atomic E-state index is -1.61. The van der Waals surface area contributed by atoms with E-state index in [-0.39, 0.29) is 6.07 Å². The first-order valence-corrected chi connectivity index (χ1v) is 4.39. The van der Waals surface area contributed by atoms with E-state index in [0.717, 1.165) is 0 Å². The molecule has 80 valence electrons. The first-order valence-electron chi connectivity index (χ1n) is 4.39. The summed E-state index contributed by atoms with van der Waals surface area (Å²) in [6.07, 6.45) is 1.02. The van der Waals surface area contributed by atoms with Crippen LogP contribution in [0.1, 0.15) is 23.2 Å². The van der Waals surface area contributed by atoms with Crippen molar-refractivity contribution in [3.05, 3.63) is 34.9 Å². The summed E-state index contributed by atoms with van der Waals surface area (Å²) in [6.45, 7) is 0. The summed E-state index contributed by atoms with van der Waals surface area (Å²) >= 11 is 0. The van der Waals surface area contributed by atoms with E-state index in [2.05, 4.69) is 0 Å². The number of carbonyl (C=O) groups is 1. The maximum atomic E-state index is 13.1. The molecule has 1 fully saturated rings. The Hall–Kier alpha value is -1.39. The van der Waals surface area contributed by atoms with Crippen LogP contribution in [0.2, 0.25) is 0 Å². The van der Waals surface area contributed by atoms with Crippen LogP contribution in [0.3, 0.4) is 0 Å². The molecule has 1 nitrogen and oxygen atoms in total. The van der Waals surface area contributed by atoms with E-state index in [4.69, 9.17) is 0 Å². The Balaban J connectivity index is 2.57. The Labute approximate surface area is 82.7 Å². The van der Waals surface area contributed by atoms with Crippen LogP contribution in [0, 0.1) is 29.2 Å². The van der Waals surface area contributed by atoms with Gasteiger partial charge in [0.25, 0.3) is 0 Å². The molecule has 0 saturated heterocycles. The lowest BCUT2D eigenvalue weighted by molar-refractivity contribution is 0.0957. The van der Waals surface area contributed by atoms with Crippen molar-refractivity contribution in [3.8, 4) is 0 Å². The van der Waals surface area contributed by atoms with Gasteiger partial charge < -0.3 is 0 Å². The normalized spacial score (nSPS) is 15.5.